The fourth-order valence-electron chi connectivity index (χ4n) is 1.64. The van der Waals surface area contributed by atoms with Crippen molar-refractivity contribution in [3.8, 4) is 11.4 Å². The van der Waals surface area contributed by atoms with Crippen LogP contribution >= 0.6 is 0 Å². The third-order valence-corrected chi connectivity index (χ3v) is 2.66. The van der Waals surface area contributed by atoms with E-state index in [2.05, 4.69) is 15.5 Å². The van der Waals surface area contributed by atoms with Gasteiger partial charge in [-0.05, 0) is 6.42 Å². The number of ketones is 1. The molecule has 98 valence electrons. The molecular formula is C13H13N3O3. The Balaban J connectivity index is 2.21. The first-order chi connectivity index (χ1) is 9.26. The predicted molar refractivity (Wildman–Crippen MR) is 67.3 cm³/mol. The average Bonchev–Trinajstić information content (AvgIpc) is 2.95. The van der Waals surface area contributed by atoms with Crippen LogP contribution in [0.4, 0.5) is 0 Å². The van der Waals surface area contributed by atoms with Crippen molar-refractivity contribution in [1.82, 2.24) is 15.5 Å². The number of hydrogen-bond donors (Lipinski definition) is 1. The molecule has 0 aliphatic heterocycles. The lowest BCUT2D eigenvalue weighted by Gasteiger charge is -2.08. The van der Waals surface area contributed by atoms with Crippen LogP contribution in [0.2, 0.25) is 0 Å². The topological polar surface area (TPSA) is 85.1 Å². The fraction of sp³-hybridized carbons (Fsp3) is 0.231. The smallest absolute Gasteiger partial charge is 0.296 e. The second kappa shape index (κ2) is 5.90. The summed E-state index contributed by atoms with van der Waals surface area (Å²) in [6.45, 7) is 1.79. The molecule has 0 bridgehead atoms. The first-order valence-corrected chi connectivity index (χ1v) is 5.89. The van der Waals surface area contributed by atoms with E-state index in [1.807, 2.05) is 30.3 Å². The van der Waals surface area contributed by atoms with Crippen molar-refractivity contribution in [3.63, 3.8) is 0 Å². The minimum atomic E-state index is -0.637. The maximum absolute atomic E-state index is 12.0. The second-order valence-electron chi connectivity index (χ2n) is 3.90. The summed E-state index contributed by atoms with van der Waals surface area (Å²) in [4.78, 5) is 26.4. The number of rotatable bonds is 6. The molecule has 19 heavy (non-hydrogen) atoms. The number of amides is 1. The average molecular weight is 259 g/mol. The zero-order valence-electron chi connectivity index (χ0n) is 10.4. The monoisotopic (exact) mass is 259 g/mol. The van der Waals surface area contributed by atoms with E-state index >= 15 is 0 Å². The molecule has 0 saturated carbocycles. The highest BCUT2D eigenvalue weighted by molar-refractivity contribution is 5.97. The number of nitrogens with one attached hydrogen (secondary N) is 1. The lowest BCUT2D eigenvalue weighted by Crippen LogP contribution is -2.35. The largest absolute Gasteiger partial charge is 0.348 e. The maximum Gasteiger partial charge on any atom is 0.296 e. The fourth-order valence-corrected chi connectivity index (χ4v) is 1.64. The number of aromatic nitrogens is 2. The Hall–Kier alpha value is -2.50. The van der Waals surface area contributed by atoms with Crippen LogP contribution in [0.15, 0.2) is 34.9 Å². The van der Waals surface area contributed by atoms with Gasteiger partial charge in [0.2, 0.25) is 18.0 Å². The Morgan fingerprint density at radius 1 is 1.42 bits per heavy atom. The van der Waals surface area contributed by atoms with E-state index in [1.54, 1.807) is 6.92 Å². The van der Waals surface area contributed by atoms with Crippen LogP contribution in [0.25, 0.3) is 11.4 Å². The number of nitrogens with zero attached hydrogens (tertiary/aromatic N) is 2. The summed E-state index contributed by atoms with van der Waals surface area (Å²) in [5.41, 5.74) is 0.765. The predicted octanol–water partition coefficient (Wildman–Crippen LogP) is 1.44. The van der Waals surface area contributed by atoms with Gasteiger partial charge < -0.3 is 9.84 Å². The maximum atomic E-state index is 12.0. The molecule has 2 aromatic rings. The first-order valence-electron chi connectivity index (χ1n) is 5.89. The van der Waals surface area contributed by atoms with Crippen LogP contribution in [-0.2, 0) is 4.79 Å². The zero-order valence-corrected chi connectivity index (χ0v) is 10.4. The highest BCUT2D eigenvalue weighted by Gasteiger charge is 2.23. The summed E-state index contributed by atoms with van der Waals surface area (Å²) >= 11 is 0. The molecule has 2 rings (SSSR count). The Morgan fingerprint density at radius 2 is 2.16 bits per heavy atom. The Labute approximate surface area is 109 Å². The molecule has 0 radical (unpaired) electrons. The van der Waals surface area contributed by atoms with E-state index in [4.69, 9.17) is 4.52 Å². The molecule has 1 N–H and O–H groups in total. The number of hydrogen-bond acceptors (Lipinski definition) is 5. The number of Topliss-reactive ketones (excluding diaryl/α,β-unsaturated/α-hetero) is 1. The summed E-state index contributed by atoms with van der Waals surface area (Å²) in [5.74, 6) is -0.130. The molecule has 0 aliphatic rings. The summed E-state index contributed by atoms with van der Waals surface area (Å²) < 4.78 is 4.94. The third-order valence-electron chi connectivity index (χ3n) is 2.66. The van der Waals surface area contributed by atoms with Crippen LogP contribution in [0.1, 0.15) is 24.0 Å². The van der Waals surface area contributed by atoms with Crippen molar-refractivity contribution in [1.29, 1.82) is 0 Å². The van der Waals surface area contributed by atoms with Gasteiger partial charge in [0.05, 0.1) is 6.04 Å². The van der Waals surface area contributed by atoms with E-state index < -0.39 is 6.04 Å². The van der Waals surface area contributed by atoms with E-state index in [0.29, 0.717) is 18.7 Å². The third kappa shape index (κ3) is 2.85. The summed E-state index contributed by atoms with van der Waals surface area (Å²) in [6.07, 6.45) is 0.946. The molecule has 1 aromatic heterocycles. The molecule has 1 aromatic carbocycles. The van der Waals surface area contributed by atoms with E-state index in [9.17, 15) is 9.59 Å². The minimum absolute atomic E-state index is 0.0972. The Kier molecular flexibility index (Phi) is 4.02. The van der Waals surface area contributed by atoms with Gasteiger partial charge in [-0.1, -0.05) is 42.4 Å². The number of carbonyl (C=O) groups excluding carboxylic acids is 2. The van der Waals surface area contributed by atoms with E-state index in [-0.39, 0.29) is 11.7 Å². The van der Waals surface area contributed by atoms with Crippen molar-refractivity contribution >= 4 is 12.2 Å². The van der Waals surface area contributed by atoms with Crippen LogP contribution in [0.3, 0.4) is 0 Å². The van der Waals surface area contributed by atoms with Crippen LogP contribution in [0.5, 0.6) is 0 Å². The van der Waals surface area contributed by atoms with Gasteiger partial charge in [0, 0.05) is 5.56 Å². The summed E-state index contributed by atoms with van der Waals surface area (Å²) in [7, 11) is 0. The van der Waals surface area contributed by atoms with Gasteiger partial charge in [-0.15, -0.1) is 0 Å². The molecule has 1 heterocycles. The van der Waals surface area contributed by atoms with Gasteiger partial charge in [-0.25, -0.2) is 0 Å². The molecule has 0 fully saturated rings. The highest BCUT2D eigenvalue weighted by Crippen LogP contribution is 2.15. The van der Waals surface area contributed by atoms with Gasteiger partial charge in [-0.2, -0.15) is 4.98 Å². The SMILES string of the molecule is CCC(NC=O)C(=O)c1nc(-c2ccccc2)no1. The Bertz CT molecular complexity index is 566. The Morgan fingerprint density at radius 3 is 2.79 bits per heavy atom. The van der Waals surface area contributed by atoms with Gasteiger partial charge >= 0.3 is 0 Å². The number of benzene rings is 1. The molecule has 0 spiro atoms. The van der Waals surface area contributed by atoms with E-state index in [0.717, 1.165) is 5.56 Å². The molecule has 6 nitrogen and oxygen atoms in total. The summed E-state index contributed by atoms with van der Waals surface area (Å²) in [6, 6.07) is 8.56. The number of carbonyl (C=O) groups is 2. The van der Waals surface area contributed by atoms with Crippen LogP contribution in [-0.4, -0.2) is 28.4 Å². The van der Waals surface area contributed by atoms with Crippen molar-refractivity contribution in [2.24, 2.45) is 0 Å². The van der Waals surface area contributed by atoms with Crippen LogP contribution < -0.4 is 5.32 Å². The quantitative estimate of drug-likeness (QED) is 0.626. The molecule has 1 atom stereocenters. The van der Waals surface area contributed by atoms with Gasteiger partial charge in [-0.3, -0.25) is 9.59 Å². The van der Waals surface area contributed by atoms with Gasteiger partial charge in [0.1, 0.15) is 0 Å². The standard InChI is InChI=1S/C13H13N3O3/c1-2-10(14-8-17)11(18)13-15-12(16-19-13)9-6-4-3-5-7-9/h3-8,10H,2H2,1H3,(H,14,17). The van der Waals surface area contributed by atoms with Crippen molar-refractivity contribution in [3.05, 3.63) is 36.2 Å². The van der Waals surface area contributed by atoms with Crippen LogP contribution in [0, 0.1) is 0 Å². The van der Waals surface area contributed by atoms with Crippen molar-refractivity contribution in [2.75, 3.05) is 0 Å². The molecule has 6 heteroatoms. The minimum Gasteiger partial charge on any atom is -0.348 e. The second-order valence-corrected chi connectivity index (χ2v) is 3.90. The van der Waals surface area contributed by atoms with Gasteiger partial charge in [0.15, 0.2) is 0 Å². The lowest BCUT2D eigenvalue weighted by molar-refractivity contribution is -0.110. The molecule has 0 aliphatic carbocycles. The van der Waals surface area contributed by atoms with E-state index in [1.165, 1.54) is 0 Å². The normalized spacial score (nSPS) is 11.8. The zero-order chi connectivity index (χ0) is 13.7. The highest BCUT2D eigenvalue weighted by atomic mass is 16.5. The molecular weight excluding hydrogens is 246 g/mol. The van der Waals surface area contributed by atoms with Crippen molar-refractivity contribution < 1.29 is 14.1 Å². The lowest BCUT2D eigenvalue weighted by atomic mass is 10.1. The van der Waals surface area contributed by atoms with Gasteiger partial charge in [0.25, 0.3) is 5.89 Å². The molecule has 1 amide bonds. The first kappa shape index (κ1) is 12.9. The molecule has 0 saturated heterocycles. The molecule has 1 unspecified atom stereocenters. The van der Waals surface area contributed by atoms with Crippen molar-refractivity contribution in [2.45, 2.75) is 19.4 Å². The summed E-state index contributed by atoms with van der Waals surface area (Å²) in [5, 5.41) is 6.18.